The first-order chi connectivity index (χ1) is 46.9. The van der Waals surface area contributed by atoms with Crippen LogP contribution in [0, 0.1) is 23.7 Å². The van der Waals surface area contributed by atoms with Crippen LogP contribution < -0.4 is 37.9 Å². The molecule has 0 unspecified atom stereocenters. The fourth-order valence-electron chi connectivity index (χ4n) is 14.8. The van der Waals surface area contributed by atoms with Crippen molar-refractivity contribution in [3.05, 3.63) is 131 Å². The highest BCUT2D eigenvalue weighted by Crippen LogP contribution is 2.48. The number of likely N-dealkylation sites (N-methyl/N-ethyl adjacent to an activating group) is 3. The Kier molecular flexibility index (Phi) is 26.9. The number of ether oxygens (including phenoxy) is 8. The summed E-state index contributed by atoms with van der Waals surface area (Å²) in [5.74, 6) is 0.354. The molecule has 23 nitrogen and oxygen atoms in total. The van der Waals surface area contributed by atoms with Crippen LogP contribution in [-0.2, 0) is 30.4 Å². The van der Waals surface area contributed by atoms with E-state index in [0.29, 0.717) is 61.2 Å². The molecule has 23 heteroatoms. The van der Waals surface area contributed by atoms with Gasteiger partial charge in [-0.3, -0.25) is 28.9 Å². The summed E-state index contributed by atoms with van der Waals surface area (Å²) in [6.07, 6.45) is 3.93. The lowest BCUT2D eigenvalue weighted by atomic mass is 9.83. The van der Waals surface area contributed by atoms with E-state index >= 15 is 0 Å². The second-order valence-electron chi connectivity index (χ2n) is 26.8. The maximum absolute atomic E-state index is 13.9. The first-order valence-electron chi connectivity index (χ1n) is 33.9. The minimum atomic E-state index is -0.890. The number of methoxy groups -OCH3 is 4. The Balaban J connectivity index is 0.000000187. The molecule has 6 aliphatic heterocycles. The van der Waals surface area contributed by atoms with Gasteiger partial charge < -0.3 is 82.8 Å². The summed E-state index contributed by atoms with van der Waals surface area (Å²) < 4.78 is 43.5. The number of unbranched alkanes of at least 4 members (excludes halogenated alkanes) is 1. The highest BCUT2D eigenvalue weighted by molar-refractivity contribution is 5.79. The van der Waals surface area contributed by atoms with Gasteiger partial charge in [0.25, 0.3) is 0 Å². The second kappa shape index (κ2) is 34.9. The van der Waals surface area contributed by atoms with Crippen molar-refractivity contribution in [3.63, 3.8) is 0 Å². The summed E-state index contributed by atoms with van der Waals surface area (Å²) in [5, 5.41) is 38.8. The predicted octanol–water partition coefficient (Wildman–Crippen LogP) is 9.27. The number of rotatable bonds is 24. The lowest BCUT2D eigenvalue weighted by Gasteiger charge is -2.30. The number of aryl methyl sites for hydroxylation is 1. The molecule has 4 saturated heterocycles. The summed E-state index contributed by atoms with van der Waals surface area (Å²) in [5.41, 5.74) is 4.97. The molecule has 0 aliphatic carbocycles. The van der Waals surface area contributed by atoms with E-state index in [-0.39, 0.29) is 91.6 Å². The molecule has 4 fully saturated rings. The van der Waals surface area contributed by atoms with Crippen LogP contribution in [0.25, 0.3) is 0 Å². The monoisotopic (exact) mass is 1360 g/mol. The topological polar surface area (TPSA) is 260 Å². The van der Waals surface area contributed by atoms with Crippen LogP contribution in [0.4, 0.5) is 0 Å². The standard InChI is InChI=1S/C33H45N3O8.3C14H19NO3/c1-5-6-14-35(15-8-13-34(2)3)29(37)19-36-18-24(23-16-27(40-4)32-28(17-23)42-21-44-32)30(33(38)39)25(36)12-11-22-9-7-10-26-31(22)43-20-41-26;3*1-9-13(14(16)17)12(8-15(9)2)10-4-6-11(18-3)7-5-10/h7,9-10,16-17,24-25,30H,5-6,8,11-15,18-21H2,1-4H3,(H,38,39);3*4-7,9,12-13H,8H2,1-3H3,(H,16,17)/t24-,25+,30-;3*9-,12+,13-/m1000/s1. The number of hydrogen-bond acceptors (Lipinski definition) is 18. The molecule has 4 N–H and O–H groups in total. The number of carbonyl (C=O) groups is 5. The number of amides is 1. The van der Waals surface area contributed by atoms with Crippen LogP contribution >= 0.6 is 0 Å². The zero-order valence-corrected chi connectivity index (χ0v) is 59.1. The van der Waals surface area contributed by atoms with E-state index in [9.17, 15) is 44.4 Å². The molecule has 5 aromatic rings. The highest BCUT2D eigenvalue weighted by atomic mass is 16.7. The number of carbonyl (C=O) groups excluding carboxylic acids is 1. The third-order valence-corrected chi connectivity index (χ3v) is 20.7. The van der Waals surface area contributed by atoms with Crippen molar-refractivity contribution in [1.29, 1.82) is 0 Å². The molecule has 0 spiro atoms. The van der Waals surface area contributed by atoms with Gasteiger partial charge in [-0.2, -0.15) is 0 Å². The summed E-state index contributed by atoms with van der Waals surface area (Å²) in [7, 11) is 16.4. The number of para-hydroxylation sites is 1. The number of carboxylic acids is 4. The second-order valence-corrected chi connectivity index (χ2v) is 26.8. The Hall–Kier alpha value is -8.35. The van der Waals surface area contributed by atoms with Crippen molar-refractivity contribution in [2.24, 2.45) is 23.7 Å². The number of carboxylic acid groups (broad SMARTS) is 4. The van der Waals surface area contributed by atoms with E-state index in [2.05, 4.69) is 31.4 Å². The molecular formula is C75H102N6O17. The molecular weight excluding hydrogens is 1260 g/mol. The molecule has 0 bridgehead atoms. The van der Waals surface area contributed by atoms with Crippen molar-refractivity contribution in [3.8, 4) is 46.0 Å². The molecule has 1 amide bonds. The van der Waals surface area contributed by atoms with E-state index < -0.39 is 29.8 Å². The zero-order chi connectivity index (χ0) is 71.1. The van der Waals surface area contributed by atoms with E-state index in [1.165, 1.54) is 0 Å². The Bertz CT molecular complexity index is 3250. The quantitative estimate of drug-likeness (QED) is 0.0448. The van der Waals surface area contributed by atoms with Crippen LogP contribution in [0.2, 0.25) is 0 Å². The van der Waals surface area contributed by atoms with Gasteiger partial charge in [0.1, 0.15) is 17.2 Å². The first kappa shape index (κ1) is 75.4. The number of aliphatic carboxylic acids is 4. The fraction of sp³-hybridized carbons (Fsp3) is 0.533. The molecule has 0 radical (unpaired) electrons. The average Bonchev–Trinajstić information content (AvgIpc) is 1.62. The van der Waals surface area contributed by atoms with E-state index in [0.717, 1.165) is 90.5 Å². The highest BCUT2D eigenvalue weighted by Gasteiger charge is 2.49. The van der Waals surface area contributed by atoms with E-state index in [1.807, 2.05) is 164 Å². The van der Waals surface area contributed by atoms with Crippen molar-refractivity contribution >= 4 is 29.8 Å². The first-order valence-corrected chi connectivity index (χ1v) is 33.9. The SMILES string of the molecule is CCCCN(CCCN(C)C)C(=O)CN1C[C@H](c2cc(OC)c3c(c2)OCO3)[C@@H](C(=O)O)[C@@H]1CCc1cccc2c1OCO2.COc1ccc([C@H]2CN(C)[C@@H](C)[C@@H]2C(=O)O)cc1.COc1ccc([C@H]2CN(C)[C@@H](C)[C@@H]2C(=O)O)cc1.COc1ccc([C@H]2CN(C)[C@@H](C)[C@@H]2C(=O)O)cc1. The maximum atomic E-state index is 13.9. The molecule has 12 atom stereocenters. The fourth-order valence-corrected chi connectivity index (χ4v) is 14.8. The van der Waals surface area contributed by atoms with Crippen molar-refractivity contribution in [2.75, 3.05) is 130 Å². The van der Waals surface area contributed by atoms with Crippen molar-refractivity contribution < 1.29 is 82.3 Å². The van der Waals surface area contributed by atoms with Gasteiger partial charge in [-0.05, 0) is 171 Å². The smallest absolute Gasteiger partial charge is 0.308 e. The summed E-state index contributed by atoms with van der Waals surface area (Å²) in [4.78, 5) is 73.6. The zero-order valence-electron chi connectivity index (χ0n) is 59.1. The average molecular weight is 1360 g/mol. The Labute approximate surface area is 577 Å². The number of likely N-dealkylation sites (tertiary alicyclic amines) is 4. The summed E-state index contributed by atoms with van der Waals surface area (Å²) in [6.45, 7) is 13.5. The van der Waals surface area contributed by atoms with Gasteiger partial charge in [0.2, 0.25) is 25.2 Å². The molecule has 5 aromatic carbocycles. The molecule has 534 valence electrons. The lowest BCUT2D eigenvalue weighted by Crippen LogP contribution is -2.45. The van der Waals surface area contributed by atoms with Crippen LogP contribution in [-0.4, -0.2) is 233 Å². The number of hydrogen-bond donors (Lipinski definition) is 4. The Morgan fingerprint density at radius 2 is 0.929 bits per heavy atom. The third kappa shape index (κ3) is 18.1. The Morgan fingerprint density at radius 1 is 0.500 bits per heavy atom. The molecule has 0 aromatic heterocycles. The van der Waals surface area contributed by atoms with Crippen molar-refractivity contribution in [1.82, 2.24) is 29.4 Å². The predicted molar refractivity (Wildman–Crippen MR) is 371 cm³/mol. The van der Waals surface area contributed by atoms with Crippen LogP contribution in [0.5, 0.6) is 46.0 Å². The molecule has 6 heterocycles. The molecule has 0 saturated carbocycles. The number of fused-ring (bicyclic) bond motifs is 2. The van der Waals surface area contributed by atoms with Crippen molar-refractivity contribution in [2.45, 2.75) is 108 Å². The van der Waals surface area contributed by atoms with Crippen LogP contribution in [0.3, 0.4) is 0 Å². The number of benzene rings is 5. The minimum Gasteiger partial charge on any atom is -0.497 e. The van der Waals surface area contributed by atoms with Gasteiger partial charge in [0.05, 0.1) is 58.7 Å². The van der Waals surface area contributed by atoms with Gasteiger partial charge in [-0.1, -0.05) is 61.9 Å². The van der Waals surface area contributed by atoms with Crippen LogP contribution in [0.15, 0.2) is 103 Å². The largest absolute Gasteiger partial charge is 0.497 e. The van der Waals surface area contributed by atoms with Gasteiger partial charge >= 0.3 is 23.9 Å². The van der Waals surface area contributed by atoms with Gasteiger partial charge in [0.15, 0.2) is 23.0 Å². The molecule has 11 rings (SSSR count). The molecule has 6 aliphatic rings. The number of nitrogens with zero attached hydrogens (tertiary/aromatic N) is 6. The Morgan fingerprint density at radius 3 is 1.35 bits per heavy atom. The van der Waals surface area contributed by atoms with Gasteiger partial charge in [0, 0.05) is 87.1 Å². The van der Waals surface area contributed by atoms with E-state index in [4.69, 9.17) is 37.9 Å². The third-order valence-electron chi connectivity index (χ3n) is 20.7. The summed E-state index contributed by atoms with van der Waals surface area (Å²) in [6, 6.07) is 32.4. The lowest BCUT2D eigenvalue weighted by molar-refractivity contribution is -0.144. The summed E-state index contributed by atoms with van der Waals surface area (Å²) >= 11 is 0. The van der Waals surface area contributed by atoms with E-state index in [1.54, 1.807) is 28.4 Å². The van der Waals surface area contributed by atoms with Gasteiger partial charge in [-0.25, -0.2) is 0 Å². The van der Waals surface area contributed by atoms with Gasteiger partial charge in [-0.15, -0.1) is 0 Å². The minimum absolute atomic E-state index is 0.0348. The van der Waals surface area contributed by atoms with Crippen LogP contribution in [0.1, 0.15) is 105 Å². The molecule has 98 heavy (non-hydrogen) atoms. The normalized spacial score (nSPS) is 24.7. The maximum Gasteiger partial charge on any atom is 0.308 e.